The molecule has 1 fully saturated rings. The van der Waals surface area contributed by atoms with Gasteiger partial charge in [0.15, 0.2) is 0 Å². The molecule has 1 aromatic rings. The van der Waals surface area contributed by atoms with E-state index in [4.69, 9.17) is 17.0 Å². The fourth-order valence-electron chi connectivity index (χ4n) is 2.56. The van der Waals surface area contributed by atoms with Crippen molar-refractivity contribution < 1.29 is 21.7 Å². The number of fused-ring (bicyclic) bond motifs is 1. The Bertz CT molecular complexity index is 661. The predicted molar refractivity (Wildman–Crippen MR) is 87.3 cm³/mol. The Kier molecular flexibility index (Phi) is 3.58. The zero-order chi connectivity index (χ0) is 18.2. The van der Waals surface area contributed by atoms with Crippen LogP contribution in [0.15, 0.2) is 18.2 Å². The third-order valence-corrected chi connectivity index (χ3v) is 3.57. The molecule has 126 valence electrons. The van der Waals surface area contributed by atoms with Crippen molar-refractivity contribution in [2.75, 3.05) is 31.5 Å². The summed E-state index contributed by atoms with van der Waals surface area (Å²) < 4.78 is 32.2. The third kappa shape index (κ3) is 4.00. The number of hydrogen-bond donors (Lipinski definition) is 1. The van der Waals surface area contributed by atoms with Crippen LogP contribution in [0.2, 0.25) is 0 Å². The topological polar surface area (TPSA) is 60.0 Å². The monoisotopic (exact) mass is 322 g/mol. The van der Waals surface area contributed by atoms with E-state index in [2.05, 4.69) is 5.32 Å². The second-order valence-corrected chi connectivity index (χ2v) is 6.70. The van der Waals surface area contributed by atoms with Gasteiger partial charge in [-0.3, -0.25) is 0 Å². The number of amides is 1. The molecule has 0 bridgehead atoms. The molecule has 3 rings (SSSR count). The molecule has 1 amide bonds. The first-order valence-corrected chi connectivity index (χ1v) is 7.81. The van der Waals surface area contributed by atoms with Crippen molar-refractivity contribution in [3.63, 3.8) is 0 Å². The highest BCUT2D eigenvalue weighted by atomic mass is 16.6. The van der Waals surface area contributed by atoms with E-state index in [0.29, 0.717) is 30.3 Å². The Morgan fingerprint density at radius 2 is 2.30 bits per heavy atom. The molecule has 2 aliphatic rings. The summed E-state index contributed by atoms with van der Waals surface area (Å²) in [6.07, 6.45) is 0.278. The van der Waals surface area contributed by atoms with Gasteiger partial charge in [0, 0.05) is 25.5 Å². The molecule has 6 heteroatoms. The highest BCUT2D eigenvalue weighted by molar-refractivity contribution is 5.68. The molecule has 2 aliphatic heterocycles. The molecule has 1 unspecified atom stereocenters. The van der Waals surface area contributed by atoms with Crippen LogP contribution in [-0.2, 0) is 4.74 Å². The molecule has 0 radical (unpaired) electrons. The smallest absolute Gasteiger partial charge is 0.410 e. The molecule has 2 heterocycles. The second-order valence-electron chi connectivity index (χ2n) is 6.70. The van der Waals surface area contributed by atoms with Gasteiger partial charge < -0.3 is 24.4 Å². The minimum Gasteiger partial charge on any atom is -0.490 e. The van der Waals surface area contributed by atoms with Crippen LogP contribution in [0.3, 0.4) is 0 Å². The van der Waals surface area contributed by atoms with Crippen LogP contribution in [0.5, 0.6) is 11.5 Å². The van der Waals surface area contributed by atoms with Gasteiger partial charge in [-0.05, 0) is 32.9 Å². The standard InChI is InChI=1S/C17H24N2O4/c1-17(2,3)23-16(20)19-8-6-13(11-19)22-12-4-5-15-14(10-12)18-7-9-21-15/h4-5,10,13,18H,6-9,11H2,1-3H3/i7D2. The molecule has 0 saturated carbocycles. The average molecular weight is 322 g/mol. The van der Waals surface area contributed by atoms with E-state index >= 15 is 0 Å². The first-order valence-electron chi connectivity index (χ1n) is 8.81. The first kappa shape index (κ1) is 13.3. The van der Waals surface area contributed by atoms with Gasteiger partial charge in [-0.25, -0.2) is 4.79 Å². The molecular formula is C17H24N2O4. The van der Waals surface area contributed by atoms with Crippen LogP contribution in [0, 0.1) is 0 Å². The number of hydrogen-bond acceptors (Lipinski definition) is 5. The van der Waals surface area contributed by atoms with Gasteiger partial charge in [0.1, 0.15) is 29.8 Å². The Morgan fingerprint density at radius 3 is 3.09 bits per heavy atom. The molecule has 0 spiro atoms. The summed E-state index contributed by atoms with van der Waals surface area (Å²) in [5.41, 5.74) is 0.0508. The molecule has 0 aromatic heterocycles. The van der Waals surface area contributed by atoms with Gasteiger partial charge in [-0.2, -0.15) is 0 Å². The number of anilines is 1. The van der Waals surface area contributed by atoms with Crippen molar-refractivity contribution in [3.05, 3.63) is 18.2 Å². The lowest BCUT2D eigenvalue weighted by molar-refractivity contribution is 0.0275. The fourth-order valence-corrected chi connectivity index (χ4v) is 2.56. The lowest BCUT2D eigenvalue weighted by Gasteiger charge is -2.24. The van der Waals surface area contributed by atoms with Crippen LogP contribution in [0.4, 0.5) is 10.5 Å². The lowest BCUT2D eigenvalue weighted by Crippen LogP contribution is -2.36. The highest BCUT2D eigenvalue weighted by Gasteiger charge is 2.31. The third-order valence-electron chi connectivity index (χ3n) is 3.57. The molecule has 1 atom stereocenters. The number of carbonyl (C=O) groups is 1. The summed E-state index contributed by atoms with van der Waals surface area (Å²) in [4.78, 5) is 13.7. The maximum atomic E-state index is 12.1. The van der Waals surface area contributed by atoms with E-state index in [1.165, 1.54) is 0 Å². The fraction of sp³-hybridized carbons (Fsp3) is 0.588. The van der Waals surface area contributed by atoms with E-state index in [1.54, 1.807) is 23.1 Å². The van der Waals surface area contributed by atoms with E-state index in [1.807, 2.05) is 20.8 Å². The van der Waals surface area contributed by atoms with Crippen LogP contribution in [0.1, 0.15) is 29.9 Å². The van der Waals surface area contributed by atoms with Crippen LogP contribution >= 0.6 is 0 Å². The molecule has 1 aromatic carbocycles. The minimum absolute atomic E-state index is 0.0341. The van der Waals surface area contributed by atoms with E-state index in [9.17, 15) is 4.79 Å². The Labute approximate surface area is 139 Å². The van der Waals surface area contributed by atoms with E-state index in [-0.39, 0.29) is 18.8 Å². The molecule has 1 saturated heterocycles. The van der Waals surface area contributed by atoms with Gasteiger partial charge in [0.05, 0.1) is 15.0 Å². The summed E-state index contributed by atoms with van der Waals surface area (Å²) >= 11 is 0. The minimum atomic E-state index is -1.60. The van der Waals surface area contributed by atoms with Crippen LogP contribution in [0.25, 0.3) is 0 Å². The number of nitrogens with one attached hydrogen (secondary N) is 1. The number of benzene rings is 1. The van der Waals surface area contributed by atoms with Gasteiger partial charge >= 0.3 is 6.09 Å². The summed E-state index contributed by atoms with van der Waals surface area (Å²) in [6.45, 7) is 4.95. The number of nitrogens with zero attached hydrogens (tertiary/aromatic N) is 1. The number of carbonyl (C=O) groups excluding carboxylic acids is 1. The summed E-state index contributed by atoms with van der Waals surface area (Å²) in [6, 6.07) is 5.27. The maximum Gasteiger partial charge on any atom is 0.410 e. The maximum absolute atomic E-state index is 12.1. The number of likely N-dealkylation sites (tertiary alicyclic amines) is 1. The largest absolute Gasteiger partial charge is 0.490 e. The van der Waals surface area contributed by atoms with Crippen LogP contribution in [-0.4, -0.2) is 48.9 Å². The molecule has 23 heavy (non-hydrogen) atoms. The van der Waals surface area contributed by atoms with E-state index < -0.39 is 12.1 Å². The number of ether oxygens (including phenoxy) is 3. The molecule has 1 N–H and O–H groups in total. The molecule has 6 nitrogen and oxygen atoms in total. The quantitative estimate of drug-likeness (QED) is 0.907. The van der Waals surface area contributed by atoms with Crippen molar-refractivity contribution in [3.8, 4) is 11.5 Å². The van der Waals surface area contributed by atoms with Crippen molar-refractivity contribution in [2.24, 2.45) is 0 Å². The van der Waals surface area contributed by atoms with Gasteiger partial charge in [-0.1, -0.05) is 0 Å². The SMILES string of the molecule is [2H]C1([2H])COc2ccc(OC3CCN(C(=O)OC(C)(C)C)C3)cc2N1. The van der Waals surface area contributed by atoms with Crippen molar-refractivity contribution >= 4 is 11.8 Å². The summed E-state index contributed by atoms with van der Waals surface area (Å²) in [5.74, 6) is 1.22. The first-order chi connectivity index (χ1) is 11.6. The highest BCUT2D eigenvalue weighted by Crippen LogP contribution is 2.32. The second kappa shape index (κ2) is 6.18. The Hall–Kier alpha value is -2.11. The van der Waals surface area contributed by atoms with Crippen LogP contribution < -0.4 is 14.8 Å². The summed E-state index contributed by atoms with van der Waals surface area (Å²) in [5, 5.41) is 2.80. The van der Waals surface area contributed by atoms with Crippen molar-refractivity contribution in [1.82, 2.24) is 4.90 Å². The molecule has 0 aliphatic carbocycles. The zero-order valence-corrected chi connectivity index (χ0v) is 13.7. The van der Waals surface area contributed by atoms with Gasteiger partial charge in [-0.15, -0.1) is 0 Å². The zero-order valence-electron chi connectivity index (χ0n) is 15.7. The molecular weight excluding hydrogens is 296 g/mol. The normalized spacial score (nSPS) is 23.8. The average Bonchev–Trinajstić information content (AvgIpc) is 2.93. The van der Waals surface area contributed by atoms with Gasteiger partial charge in [0.2, 0.25) is 0 Å². The van der Waals surface area contributed by atoms with Gasteiger partial charge in [0.25, 0.3) is 0 Å². The Balaban J connectivity index is 1.60. The number of rotatable bonds is 2. The van der Waals surface area contributed by atoms with E-state index in [0.717, 1.165) is 6.42 Å². The summed E-state index contributed by atoms with van der Waals surface area (Å²) in [7, 11) is 0. The van der Waals surface area contributed by atoms with Crippen molar-refractivity contribution in [2.45, 2.75) is 38.9 Å². The van der Waals surface area contributed by atoms with Crippen molar-refractivity contribution in [1.29, 1.82) is 0 Å². The predicted octanol–water partition coefficient (Wildman–Crippen LogP) is 2.88. The lowest BCUT2D eigenvalue weighted by atomic mass is 10.2. The Morgan fingerprint density at radius 1 is 1.48 bits per heavy atom.